The zero-order valence-corrected chi connectivity index (χ0v) is 37.7. The fourth-order valence-electron chi connectivity index (χ4n) is 4.86. The van der Waals surface area contributed by atoms with Crippen LogP contribution in [0.1, 0.15) is 46.6 Å². The Hall–Kier alpha value is -2.77. The Labute approximate surface area is 399 Å². The molecule has 266 valence electrons. The molecule has 0 amide bonds. The summed E-state index contributed by atoms with van der Waals surface area (Å²) < 4.78 is 12.0. The van der Waals surface area contributed by atoms with Crippen molar-refractivity contribution in [3.05, 3.63) is 164 Å². The van der Waals surface area contributed by atoms with E-state index in [1.807, 2.05) is 94.6 Å². The summed E-state index contributed by atoms with van der Waals surface area (Å²) in [7, 11) is 0. The van der Waals surface area contributed by atoms with Crippen molar-refractivity contribution >= 4 is 30.2 Å². The average molecular weight is 789 g/mol. The van der Waals surface area contributed by atoms with Crippen molar-refractivity contribution in [3.8, 4) is 22.3 Å². The van der Waals surface area contributed by atoms with Crippen molar-refractivity contribution in [3.63, 3.8) is 0 Å². The summed E-state index contributed by atoms with van der Waals surface area (Å²) in [5.41, 5.74) is 9.65. The third kappa shape index (κ3) is 15.1. The number of aromatic nitrogens is 4. The van der Waals surface area contributed by atoms with Crippen LogP contribution >= 0.6 is 11.6 Å². The molecule has 14 heteroatoms. The molecule has 4 heterocycles. The van der Waals surface area contributed by atoms with Crippen LogP contribution in [-0.4, -0.2) is 26.3 Å². The fourth-order valence-corrected chi connectivity index (χ4v) is 5.04. The van der Waals surface area contributed by atoms with Gasteiger partial charge in [0.15, 0.2) is 0 Å². The predicted molar refractivity (Wildman–Crippen MR) is 198 cm³/mol. The third-order valence-electron chi connectivity index (χ3n) is 7.39. The van der Waals surface area contributed by atoms with Crippen molar-refractivity contribution in [1.29, 1.82) is 0 Å². The first kappa shape index (κ1) is 48.3. The Morgan fingerprint density at radius 2 is 1.26 bits per heavy atom. The second-order valence-electron chi connectivity index (χ2n) is 10.9. The van der Waals surface area contributed by atoms with E-state index in [2.05, 4.69) is 33.3 Å². The number of halogens is 1. The molecule has 0 saturated carbocycles. The molecule has 0 spiro atoms. The van der Waals surface area contributed by atoms with E-state index in [4.69, 9.17) is 30.7 Å². The van der Waals surface area contributed by atoms with Crippen molar-refractivity contribution in [2.45, 2.75) is 40.1 Å². The smallest absolute Gasteiger partial charge is 1.00 e. The molecule has 2 aromatic carbocycles. The number of nitrogens with one attached hydrogen (secondary N) is 1. The number of benzene rings is 2. The molecule has 0 unspecified atom stereocenters. The molecule has 0 fully saturated rings. The average Bonchev–Trinajstić information content (AvgIpc) is 3.68. The molecule has 0 aliphatic heterocycles. The normalized spacial score (nSPS) is 9.55. The number of aryl methyl sites for hydroxylation is 4. The van der Waals surface area contributed by atoms with Gasteiger partial charge in [-0.1, -0.05) is 84.2 Å². The van der Waals surface area contributed by atoms with Crippen molar-refractivity contribution in [1.82, 2.24) is 19.9 Å². The number of carbonyl (C=O) groups is 1. The van der Waals surface area contributed by atoms with Gasteiger partial charge in [0.2, 0.25) is 5.56 Å². The Bertz CT molecular complexity index is 2100. The van der Waals surface area contributed by atoms with Crippen LogP contribution in [0.2, 0.25) is 0 Å². The number of rotatable bonds is 8. The van der Waals surface area contributed by atoms with E-state index in [9.17, 15) is 9.59 Å². The third-order valence-corrected chi connectivity index (χ3v) is 7.70. The summed E-state index contributed by atoms with van der Waals surface area (Å²) in [5.74, 6) is 2.09. The van der Waals surface area contributed by atoms with Gasteiger partial charge in [-0.25, -0.2) is 0 Å². The minimum absolute atomic E-state index is 0. The van der Waals surface area contributed by atoms with Gasteiger partial charge in [0.25, 0.3) is 12.0 Å². The molecule has 1 N–H and O–H groups in total. The van der Waals surface area contributed by atoms with Crippen LogP contribution in [0.5, 0.6) is 0 Å². The molecular weight excluding hydrogens is 750 g/mol. The zero-order chi connectivity index (χ0) is 37.3. The molecule has 6 rings (SSSR count). The molecule has 0 atom stereocenters. The second kappa shape index (κ2) is 25.3. The molecule has 0 saturated heterocycles. The molecular formula is C39H39ClK2N4O7. The summed E-state index contributed by atoms with van der Waals surface area (Å²) in [6, 6.07) is 22.6. The number of nitrogens with zero attached hydrogens (tertiary/aromatic N) is 3. The van der Waals surface area contributed by atoms with E-state index in [1.54, 1.807) is 29.0 Å². The Morgan fingerprint density at radius 1 is 0.792 bits per heavy atom. The molecule has 0 radical (unpaired) electrons. The SMILES string of the molecule is C=Cc1ccc(CCl)cc1.C=Cc1ccc(Cn2cc(-c3c(C)noc3C)ccc2=O)cc1.Cc1noc(C)c1-c1ccc(=O)[nH]c1.O=CO[O-].[H-].[K+].[K+]. The minimum Gasteiger partial charge on any atom is -1.00 e. The van der Waals surface area contributed by atoms with Gasteiger partial charge in [0.1, 0.15) is 11.5 Å². The monoisotopic (exact) mass is 788 g/mol. The van der Waals surface area contributed by atoms with Gasteiger partial charge >= 0.3 is 103 Å². The maximum absolute atomic E-state index is 12.1. The molecule has 4 aromatic heterocycles. The standard InChI is InChI=1S/C19H18N2O2.C10H10N2O2.C9H9Cl.CH2O3.2K.H/c1-4-15-5-7-16(8-6-15)11-21-12-17(9-10-18(21)22)19-13(2)20-23-14(19)3;1-6-10(7(2)14-12-6)8-3-4-9(13)11-5-8;1-2-8-3-5-9(7-10)6-4-8;2-1-4-3;;;/h4-10,12H,1,11H2,2-3H3;3-5H,1-2H3,(H,11,13);2-6H,1,7H2;1,3H;;;/q;;;;2*+1;-1/p-1. The van der Waals surface area contributed by atoms with Gasteiger partial charge < -0.3 is 30.2 Å². The first-order chi connectivity index (χ1) is 24.5. The van der Waals surface area contributed by atoms with Gasteiger partial charge in [0.05, 0.1) is 17.9 Å². The number of carbonyl (C=O) groups excluding carboxylic acids is 1. The van der Waals surface area contributed by atoms with Gasteiger partial charge in [0, 0.05) is 52.7 Å². The van der Waals surface area contributed by atoms with Crippen LogP contribution in [0.3, 0.4) is 0 Å². The summed E-state index contributed by atoms with van der Waals surface area (Å²) in [5, 5.41) is 16.3. The predicted octanol–water partition coefficient (Wildman–Crippen LogP) is 1.08. The molecule has 11 nitrogen and oxygen atoms in total. The largest absolute Gasteiger partial charge is 1.00 e. The van der Waals surface area contributed by atoms with Gasteiger partial charge in [-0.3, -0.25) is 14.4 Å². The number of aromatic amines is 1. The summed E-state index contributed by atoms with van der Waals surface area (Å²) in [6.07, 6.45) is 7.14. The number of hydrogen-bond acceptors (Lipinski definition) is 9. The van der Waals surface area contributed by atoms with Gasteiger partial charge in [-0.15, -0.1) is 11.6 Å². The van der Waals surface area contributed by atoms with Crippen LogP contribution in [0, 0.1) is 27.7 Å². The molecule has 53 heavy (non-hydrogen) atoms. The van der Waals surface area contributed by atoms with E-state index >= 15 is 0 Å². The number of hydrogen-bond donors (Lipinski definition) is 1. The maximum Gasteiger partial charge on any atom is 1.00 e. The number of alkyl halides is 1. The quantitative estimate of drug-likeness (QED) is 0.0785. The van der Waals surface area contributed by atoms with Crippen molar-refractivity contribution in [2.24, 2.45) is 0 Å². The van der Waals surface area contributed by atoms with Gasteiger partial charge in [-0.05, 0) is 62.1 Å². The molecule has 0 aliphatic rings. The van der Waals surface area contributed by atoms with E-state index in [-0.39, 0.29) is 122 Å². The van der Waals surface area contributed by atoms with Crippen molar-refractivity contribution in [2.75, 3.05) is 0 Å². The van der Waals surface area contributed by atoms with Gasteiger partial charge in [-0.2, -0.15) is 0 Å². The van der Waals surface area contributed by atoms with E-state index < -0.39 is 0 Å². The molecule has 6 aromatic rings. The first-order valence-corrected chi connectivity index (χ1v) is 16.0. The van der Waals surface area contributed by atoms with E-state index in [0.717, 1.165) is 67.4 Å². The Balaban J connectivity index is 0.000000778. The second-order valence-corrected chi connectivity index (χ2v) is 11.2. The van der Waals surface area contributed by atoms with Crippen LogP contribution in [0.25, 0.3) is 34.4 Å². The van der Waals surface area contributed by atoms with E-state index in [1.165, 1.54) is 6.07 Å². The molecule has 0 aliphatic carbocycles. The summed E-state index contributed by atoms with van der Waals surface area (Å²) >= 11 is 5.60. The molecule has 0 bridgehead atoms. The topological polar surface area (TPSA) is 156 Å². The number of H-pyrrole nitrogens is 1. The maximum atomic E-state index is 12.1. The summed E-state index contributed by atoms with van der Waals surface area (Å²) in [6.45, 7) is 15.2. The van der Waals surface area contributed by atoms with E-state index in [0.29, 0.717) is 12.4 Å². The summed E-state index contributed by atoms with van der Waals surface area (Å²) in [4.78, 5) is 36.9. The van der Waals surface area contributed by atoms with Crippen LogP contribution in [-0.2, 0) is 22.1 Å². The Morgan fingerprint density at radius 3 is 1.66 bits per heavy atom. The first-order valence-electron chi connectivity index (χ1n) is 15.5. The minimum atomic E-state index is -0.181. The van der Waals surface area contributed by atoms with Crippen LogP contribution < -0.4 is 119 Å². The van der Waals surface area contributed by atoms with Crippen LogP contribution in [0.4, 0.5) is 0 Å². The zero-order valence-electron chi connectivity index (χ0n) is 31.7. The van der Waals surface area contributed by atoms with Crippen LogP contribution in [0.15, 0.2) is 117 Å². The Kier molecular flexibility index (Phi) is 23.1. The van der Waals surface area contributed by atoms with Crippen molar-refractivity contribution < 1.29 is 128 Å². The fraction of sp³-hybridized carbons (Fsp3) is 0.154. The number of pyridine rings is 2.